The van der Waals surface area contributed by atoms with Crippen molar-refractivity contribution in [2.45, 2.75) is 78.9 Å². The van der Waals surface area contributed by atoms with Gasteiger partial charge < -0.3 is 10.2 Å². The van der Waals surface area contributed by atoms with Crippen molar-refractivity contribution in [1.29, 1.82) is 0 Å². The predicted molar refractivity (Wildman–Crippen MR) is 151 cm³/mol. The van der Waals surface area contributed by atoms with E-state index >= 15 is 0 Å². The number of nitrogens with one attached hydrogen (secondary N) is 1. The second-order valence-electron chi connectivity index (χ2n) is 9.51. The number of carbonyl (C=O) groups is 2. The number of amides is 2. The molecule has 2 aromatic rings. The van der Waals surface area contributed by atoms with E-state index in [1.807, 2.05) is 52.0 Å². The molecule has 0 aliphatic rings. The van der Waals surface area contributed by atoms with Crippen molar-refractivity contribution in [2.24, 2.45) is 0 Å². The van der Waals surface area contributed by atoms with E-state index in [1.165, 1.54) is 4.31 Å². The van der Waals surface area contributed by atoms with E-state index < -0.39 is 16.1 Å². The molecule has 2 rings (SSSR count). The van der Waals surface area contributed by atoms with Gasteiger partial charge in [-0.05, 0) is 68.9 Å². The highest BCUT2D eigenvalue weighted by atomic mass is 35.5. The quantitative estimate of drug-likeness (QED) is 0.371. The molecule has 1 N–H and O–H groups in total. The van der Waals surface area contributed by atoms with Crippen LogP contribution in [0.4, 0.5) is 5.69 Å². The molecule has 0 saturated carbocycles. The van der Waals surface area contributed by atoms with Crippen LogP contribution >= 0.6 is 11.6 Å². The summed E-state index contributed by atoms with van der Waals surface area (Å²) in [5, 5.41) is 3.49. The summed E-state index contributed by atoms with van der Waals surface area (Å²) in [7, 11) is -3.59. The third-order valence-electron chi connectivity index (χ3n) is 6.65. The van der Waals surface area contributed by atoms with Gasteiger partial charge in [0.25, 0.3) is 0 Å². The monoisotopic (exact) mass is 549 g/mol. The fourth-order valence-electron chi connectivity index (χ4n) is 4.18. The van der Waals surface area contributed by atoms with Gasteiger partial charge in [0.2, 0.25) is 21.8 Å². The molecule has 0 aromatic heterocycles. The van der Waals surface area contributed by atoms with Gasteiger partial charge in [0.1, 0.15) is 6.04 Å². The lowest BCUT2D eigenvalue weighted by Gasteiger charge is -2.32. The first kappa shape index (κ1) is 30.6. The number of halogens is 1. The molecule has 9 heteroatoms. The van der Waals surface area contributed by atoms with Crippen molar-refractivity contribution < 1.29 is 18.0 Å². The third-order valence-corrected chi connectivity index (χ3v) is 8.24. The maximum Gasteiger partial charge on any atom is 0.243 e. The van der Waals surface area contributed by atoms with Crippen LogP contribution < -0.4 is 9.62 Å². The molecule has 0 spiro atoms. The summed E-state index contributed by atoms with van der Waals surface area (Å²) in [6, 6.07) is 12.3. The SMILES string of the molecule is CC[C@@H](C)NC(=O)[C@H](CC)N(Cc1ccccc1C)C(=O)CCCN(c1cccc(Cl)c1C)S(C)(=O)=O. The number of anilines is 1. The summed E-state index contributed by atoms with van der Waals surface area (Å²) >= 11 is 6.23. The van der Waals surface area contributed by atoms with Gasteiger partial charge in [0.05, 0.1) is 11.9 Å². The number of benzene rings is 2. The lowest BCUT2D eigenvalue weighted by Crippen LogP contribution is -2.50. The number of nitrogens with zero attached hydrogens (tertiary/aromatic N) is 2. The lowest BCUT2D eigenvalue weighted by molar-refractivity contribution is -0.141. The normalized spacial score (nSPS) is 13.1. The standard InChI is InChI=1S/C28H40ClN3O4S/c1-7-21(4)30-28(34)25(8-2)31(19-23-14-10-9-13-20(23)3)27(33)17-12-18-32(37(6,35)36)26-16-11-15-24(29)22(26)5/h9-11,13-16,21,25H,7-8,12,17-19H2,1-6H3,(H,30,34)/t21-,25+/m1/s1. The smallest absolute Gasteiger partial charge is 0.243 e. The van der Waals surface area contributed by atoms with Crippen molar-refractivity contribution in [3.63, 3.8) is 0 Å². The lowest BCUT2D eigenvalue weighted by atomic mass is 10.0. The highest BCUT2D eigenvalue weighted by molar-refractivity contribution is 7.92. The first-order valence-electron chi connectivity index (χ1n) is 12.8. The Hall–Kier alpha value is -2.58. The van der Waals surface area contributed by atoms with Crippen LogP contribution in [-0.2, 0) is 26.2 Å². The number of hydrogen-bond acceptors (Lipinski definition) is 4. The molecule has 204 valence electrons. The Kier molecular flexibility index (Phi) is 11.4. The van der Waals surface area contributed by atoms with E-state index in [4.69, 9.17) is 11.6 Å². The molecule has 0 aliphatic carbocycles. The molecule has 0 aliphatic heterocycles. The van der Waals surface area contributed by atoms with Crippen molar-refractivity contribution >= 4 is 39.1 Å². The van der Waals surface area contributed by atoms with Crippen molar-refractivity contribution in [3.8, 4) is 0 Å². The van der Waals surface area contributed by atoms with E-state index in [2.05, 4.69) is 5.32 Å². The van der Waals surface area contributed by atoms with Gasteiger partial charge in [-0.15, -0.1) is 0 Å². The maximum atomic E-state index is 13.6. The van der Waals surface area contributed by atoms with Gasteiger partial charge in [0.15, 0.2) is 0 Å². The summed E-state index contributed by atoms with van der Waals surface area (Å²) < 4.78 is 26.5. The minimum absolute atomic E-state index is 0.00113. The molecule has 0 heterocycles. The minimum atomic E-state index is -3.59. The zero-order chi connectivity index (χ0) is 27.8. The summed E-state index contributed by atoms with van der Waals surface area (Å²) in [6.45, 7) is 10.0. The fraction of sp³-hybridized carbons (Fsp3) is 0.500. The Balaban J connectivity index is 2.27. The van der Waals surface area contributed by atoms with E-state index in [0.717, 1.165) is 23.8 Å². The van der Waals surface area contributed by atoms with Gasteiger partial charge >= 0.3 is 0 Å². The molecule has 2 amide bonds. The molecule has 0 radical (unpaired) electrons. The molecule has 0 unspecified atom stereocenters. The van der Waals surface area contributed by atoms with Crippen molar-refractivity contribution in [1.82, 2.24) is 10.2 Å². The first-order valence-corrected chi connectivity index (χ1v) is 15.0. The topological polar surface area (TPSA) is 86.8 Å². The molecule has 2 atom stereocenters. The average molecular weight is 550 g/mol. The third kappa shape index (κ3) is 8.47. The van der Waals surface area contributed by atoms with Gasteiger partial charge in [0, 0.05) is 30.6 Å². The number of carbonyl (C=O) groups excluding carboxylic acids is 2. The Morgan fingerprint density at radius 1 is 1.03 bits per heavy atom. The number of sulfonamides is 1. The second-order valence-corrected chi connectivity index (χ2v) is 11.8. The fourth-order valence-corrected chi connectivity index (χ4v) is 5.37. The van der Waals surface area contributed by atoms with Crippen LogP contribution in [-0.4, -0.2) is 50.0 Å². The van der Waals surface area contributed by atoms with Crippen LogP contribution in [0.1, 0.15) is 63.1 Å². The van der Waals surface area contributed by atoms with Crippen LogP contribution in [0.2, 0.25) is 5.02 Å². The molecule has 37 heavy (non-hydrogen) atoms. The Bertz CT molecular complexity index is 1190. The van der Waals surface area contributed by atoms with Gasteiger partial charge in [-0.1, -0.05) is 55.8 Å². The van der Waals surface area contributed by atoms with Gasteiger partial charge in [-0.2, -0.15) is 0 Å². The predicted octanol–water partition coefficient (Wildman–Crippen LogP) is 5.23. The van der Waals surface area contributed by atoms with Crippen molar-refractivity contribution in [2.75, 3.05) is 17.1 Å². The van der Waals surface area contributed by atoms with Crippen LogP contribution in [0.3, 0.4) is 0 Å². The van der Waals surface area contributed by atoms with Gasteiger partial charge in [-0.25, -0.2) is 8.42 Å². The Labute approximate surface area is 227 Å². The van der Waals surface area contributed by atoms with E-state index in [0.29, 0.717) is 35.7 Å². The number of aryl methyl sites for hydroxylation is 1. The van der Waals surface area contributed by atoms with Gasteiger partial charge in [-0.3, -0.25) is 13.9 Å². The largest absolute Gasteiger partial charge is 0.352 e. The van der Waals surface area contributed by atoms with Crippen LogP contribution in [0, 0.1) is 13.8 Å². The number of rotatable bonds is 13. The maximum absolute atomic E-state index is 13.6. The van der Waals surface area contributed by atoms with Crippen molar-refractivity contribution in [3.05, 3.63) is 64.2 Å². The van der Waals surface area contributed by atoms with E-state index in [-0.39, 0.29) is 30.8 Å². The zero-order valence-corrected chi connectivity index (χ0v) is 24.3. The average Bonchev–Trinajstić information content (AvgIpc) is 2.84. The van der Waals surface area contributed by atoms with Crippen LogP contribution in [0.25, 0.3) is 0 Å². The molecule has 0 saturated heterocycles. The molecular weight excluding hydrogens is 510 g/mol. The van der Waals surface area contributed by atoms with Crippen LogP contribution in [0.5, 0.6) is 0 Å². The highest BCUT2D eigenvalue weighted by Gasteiger charge is 2.30. The second kappa shape index (κ2) is 13.8. The molecular formula is C28H40ClN3O4S. The summed E-state index contributed by atoms with van der Waals surface area (Å²) in [4.78, 5) is 28.3. The summed E-state index contributed by atoms with van der Waals surface area (Å²) in [5.74, 6) is -0.364. The Morgan fingerprint density at radius 2 is 1.70 bits per heavy atom. The van der Waals surface area contributed by atoms with E-state index in [1.54, 1.807) is 30.0 Å². The highest BCUT2D eigenvalue weighted by Crippen LogP contribution is 2.28. The molecule has 0 fully saturated rings. The van der Waals surface area contributed by atoms with Crippen LogP contribution in [0.15, 0.2) is 42.5 Å². The number of hydrogen-bond donors (Lipinski definition) is 1. The minimum Gasteiger partial charge on any atom is -0.352 e. The summed E-state index contributed by atoms with van der Waals surface area (Å²) in [6.07, 6.45) is 2.80. The molecule has 2 aromatic carbocycles. The summed E-state index contributed by atoms with van der Waals surface area (Å²) in [5.41, 5.74) is 3.17. The molecule has 0 bridgehead atoms. The molecule has 7 nitrogen and oxygen atoms in total. The first-order chi connectivity index (χ1) is 17.4. The van der Waals surface area contributed by atoms with E-state index in [9.17, 15) is 18.0 Å². The Morgan fingerprint density at radius 3 is 2.30 bits per heavy atom. The zero-order valence-electron chi connectivity index (χ0n) is 22.8.